The zero-order valence-electron chi connectivity index (χ0n) is 17.8. The molecule has 1 aromatic heterocycles. The van der Waals surface area contributed by atoms with E-state index in [-0.39, 0.29) is 28.1 Å². The summed E-state index contributed by atoms with van der Waals surface area (Å²) in [5.41, 5.74) is -1.29. The second-order valence-electron chi connectivity index (χ2n) is 7.24. The van der Waals surface area contributed by atoms with Crippen LogP contribution in [0.15, 0.2) is 76.0 Å². The molecule has 0 atom stereocenters. The number of fused-ring (bicyclic) bond motifs is 1. The van der Waals surface area contributed by atoms with Gasteiger partial charge in [-0.15, -0.1) is 0 Å². The van der Waals surface area contributed by atoms with Crippen molar-refractivity contribution >= 4 is 38.3 Å². The molecule has 7 nitrogen and oxygen atoms in total. The van der Waals surface area contributed by atoms with Gasteiger partial charge in [-0.3, -0.25) is 9.52 Å². The molecule has 0 radical (unpaired) electrons. The number of alkyl halides is 3. The standard InChI is InChI=1S/C23H16F4N2O5S/c1-33-19-10-9-15(12-17(19)24)35(31,32)29-20-16-7-2-3-8-18(16)34-21(20)22(30)28-14-6-4-5-13(11-14)23(25,26)27/h2-12,29H,1H3,(H,28,30). The van der Waals surface area contributed by atoms with E-state index >= 15 is 0 Å². The molecule has 0 aliphatic rings. The van der Waals surface area contributed by atoms with E-state index in [4.69, 9.17) is 9.15 Å². The van der Waals surface area contributed by atoms with Crippen LogP contribution in [0.1, 0.15) is 16.1 Å². The highest BCUT2D eigenvalue weighted by molar-refractivity contribution is 7.92. The van der Waals surface area contributed by atoms with E-state index in [2.05, 4.69) is 10.0 Å². The fourth-order valence-corrected chi connectivity index (χ4v) is 4.37. The van der Waals surface area contributed by atoms with Crippen LogP contribution >= 0.6 is 0 Å². The molecule has 2 N–H and O–H groups in total. The van der Waals surface area contributed by atoms with Crippen molar-refractivity contribution in [3.8, 4) is 5.75 Å². The average Bonchev–Trinajstić information content (AvgIpc) is 3.16. The number of ether oxygens (including phenoxy) is 1. The predicted octanol–water partition coefficient (Wildman–Crippen LogP) is 5.65. The molecule has 12 heteroatoms. The van der Waals surface area contributed by atoms with Gasteiger partial charge in [0.05, 0.1) is 17.6 Å². The highest BCUT2D eigenvalue weighted by Crippen LogP contribution is 2.35. The third kappa shape index (κ3) is 4.92. The summed E-state index contributed by atoms with van der Waals surface area (Å²) in [5.74, 6) is -2.59. The van der Waals surface area contributed by atoms with Crippen molar-refractivity contribution in [2.75, 3.05) is 17.1 Å². The second kappa shape index (κ2) is 8.95. The van der Waals surface area contributed by atoms with Gasteiger partial charge in [0.2, 0.25) is 5.76 Å². The molecule has 0 fully saturated rings. The van der Waals surface area contributed by atoms with E-state index in [0.29, 0.717) is 0 Å². The van der Waals surface area contributed by atoms with Crippen molar-refractivity contribution in [2.24, 2.45) is 0 Å². The summed E-state index contributed by atoms with van der Waals surface area (Å²) in [5, 5.41) is 2.49. The lowest BCUT2D eigenvalue weighted by Gasteiger charge is -2.11. The number of carbonyl (C=O) groups is 1. The average molecular weight is 508 g/mol. The van der Waals surface area contributed by atoms with E-state index in [9.17, 15) is 30.8 Å². The summed E-state index contributed by atoms with van der Waals surface area (Å²) in [6.07, 6.45) is -4.63. The molecule has 4 rings (SSSR count). The number of sulfonamides is 1. The SMILES string of the molecule is COc1ccc(S(=O)(=O)Nc2c(C(=O)Nc3cccc(C(F)(F)F)c3)oc3ccccc23)cc1F. The summed E-state index contributed by atoms with van der Waals surface area (Å²) >= 11 is 0. The minimum absolute atomic E-state index is 0.139. The van der Waals surface area contributed by atoms with Gasteiger partial charge in [-0.05, 0) is 48.5 Å². The maximum absolute atomic E-state index is 14.1. The molecule has 1 amide bonds. The van der Waals surface area contributed by atoms with Gasteiger partial charge < -0.3 is 14.5 Å². The maximum Gasteiger partial charge on any atom is 0.416 e. The Balaban J connectivity index is 1.72. The van der Waals surface area contributed by atoms with E-state index in [0.717, 1.165) is 36.4 Å². The number of para-hydroxylation sites is 1. The summed E-state index contributed by atoms with van der Waals surface area (Å²) < 4.78 is 91.6. The lowest BCUT2D eigenvalue weighted by Crippen LogP contribution is -2.18. The van der Waals surface area contributed by atoms with E-state index in [1.54, 1.807) is 12.1 Å². The Morgan fingerprint density at radius 3 is 2.43 bits per heavy atom. The number of amides is 1. The van der Waals surface area contributed by atoms with Crippen LogP contribution in [0.3, 0.4) is 0 Å². The quantitative estimate of drug-likeness (QED) is 0.328. The van der Waals surface area contributed by atoms with Crippen molar-refractivity contribution in [3.63, 3.8) is 0 Å². The van der Waals surface area contributed by atoms with E-state index in [1.807, 2.05) is 0 Å². The summed E-state index contributed by atoms with van der Waals surface area (Å²) in [4.78, 5) is 12.5. The number of benzene rings is 3. The monoisotopic (exact) mass is 508 g/mol. The Morgan fingerprint density at radius 2 is 1.74 bits per heavy atom. The Kier molecular flexibility index (Phi) is 6.15. The van der Waals surface area contributed by atoms with Gasteiger partial charge in [-0.2, -0.15) is 13.2 Å². The third-order valence-electron chi connectivity index (χ3n) is 4.92. The maximum atomic E-state index is 14.1. The number of furan rings is 1. The molecule has 0 aliphatic carbocycles. The Morgan fingerprint density at radius 1 is 1.00 bits per heavy atom. The largest absolute Gasteiger partial charge is 0.494 e. The summed E-state index contributed by atoms with van der Waals surface area (Å²) in [7, 11) is -3.19. The predicted molar refractivity (Wildman–Crippen MR) is 119 cm³/mol. The number of hydrogen-bond acceptors (Lipinski definition) is 5. The number of hydrogen-bond donors (Lipinski definition) is 2. The Labute approximate surface area is 196 Å². The Bertz CT molecular complexity index is 1530. The molecule has 0 unspecified atom stereocenters. The molecular formula is C23H16F4N2O5S. The van der Waals surface area contributed by atoms with Gasteiger partial charge in [0.1, 0.15) is 11.3 Å². The van der Waals surface area contributed by atoms with E-state index < -0.39 is 44.1 Å². The highest BCUT2D eigenvalue weighted by Gasteiger charge is 2.31. The molecule has 0 bridgehead atoms. The van der Waals surface area contributed by atoms with Crippen LogP contribution in [0.25, 0.3) is 11.0 Å². The van der Waals surface area contributed by atoms with Crippen LogP contribution in [-0.4, -0.2) is 21.4 Å². The van der Waals surface area contributed by atoms with Crippen molar-refractivity contribution < 1.29 is 39.9 Å². The van der Waals surface area contributed by atoms with Crippen molar-refractivity contribution in [1.29, 1.82) is 0 Å². The fourth-order valence-electron chi connectivity index (χ4n) is 3.28. The molecule has 3 aromatic carbocycles. The number of methoxy groups -OCH3 is 1. The normalized spacial score (nSPS) is 11.9. The zero-order valence-corrected chi connectivity index (χ0v) is 18.6. The number of rotatable bonds is 6. The first-order chi connectivity index (χ1) is 16.5. The first kappa shape index (κ1) is 24.1. The number of halogens is 4. The van der Waals surface area contributed by atoms with Gasteiger partial charge in [0.15, 0.2) is 11.6 Å². The van der Waals surface area contributed by atoms with Gasteiger partial charge in [-0.1, -0.05) is 18.2 Å². The first-order valence-corrected chi connectivity index (χ1v) is 11.3. The van der Waals surface area contributed by atoms with Crippen molar-refractivity contribution in [2.45, 2.75) is 11.1 Å². The number of carbonyl (C=O) groups excluding carboxylic acids is 1. The molecule has 1 heterocycles. The first-order valence-electron chi connectivity index (χ1n) is 9.86. The molecule has 0 aliphatic heterocycles. The summed E-state index contributed by atoms with van der Waals surface area (Å²) in [6.45, 7) is 0. The third-order valence-corrected chi connectivity index (χ3v) is 6.27. The van der Waals surface area contributed by atoms with Crippen LogP contribution in [0.2, 0.25) is 0 Å². The second-order valence-corrected chi connectivity index (χ2v) is 8.92. The van der Waals surface area contributed by atoms with Crippen molar-refractivity contribution in [1.82, 2.24) is 0 Å². The van der Waals surface area contributed by atoms with Gasteiger partial charge >= 0.3 is 6.18 Å². The zero-order chi connectivity index (χ0) is 25.4. The van der Waals surface area contributed by atoms with Gasteiger partial charge in [0, 0.05) is 11.1 Å². The topological polar surface area (TPSA) is 97.6 Å². The van der Waals surface area contributed by atoms with E-state index in [1.165, 1.54) is 25.3 Å². The summed E-state index contributed by atoms with van der Waals surface area (Å²) in [6, 6.07) is 13.0. The van der Waals surface area contributed by atoms with Crippen molar-refractivity contribution in [3.05, 3.63) is 83.9 Å². The molecule has 4 aromatic rings. The highest BCUT2D eigenvalue weighted by atomic mass is 32.2. The molecule has 0 saturated heterocycles. The lowest BCUT2D eigenvalue weighted by atomic mass is 10.2. The number of nitrogens with one attached hydrogen (secondary N) is 2. The van der Waals surface area contributed by atoms with Crippen LogP contribution < -0.4 is 14.8 Å². The lowest BCUT2D eigenvalue weighted by molar-refractivity contribution is -0.137. The van der Waals surface area contributed by atoms with Crippen LogP contribution in [0, 0.1) is 5.82 Å². The van der Waals surface area contributed by atoms with Gasteiger partial charge in [-0.25, -0.2) is 12.8 Å². The number of anilines is 2. The minimum atomic E-state index is -4.63. The minimum Gasteiger partial charge on any atom is -0.494 e. The van der Waals surface area contributed by atoms with Crippen LogP contribution in [0.4, 0.5) is 28.9 Å². The smallest absolute Gasteiger partial charge is 0.416 e. The van der Waals surface area contributed by atoms with Gasteiger partial charge in [0.25, 0.3) is 15.9 Å². The Hall–Kier alpha value is -4.06. The molecule has 182 valence electrons. The molecule has 0 saturated carbocycles. The van der Waals surface area contributed by atoms with Crippen LogP contribution in [0.5, 0.6) is 5.75 Å². The van der Waals surface area contributed by atoms with Crippen LogP contribution in [-0.2, 0) is 16.2 Å². The molecular weight excluding hydrogens is 492 g/mol. The fraction of sp³-hybridized carbons (Fsp3) is 0.0870. The molecule has 35 heavy (non-hydrogen) atoms. The molecule has 0 spiro atoms.